The van der Waals surface area contributed by atoms with E-state index >= 15 is 0 Å². The molecule has 16 heavy (non-hydrogen) atoms. The van der Waals surface area contributed by atoms with Gasteiger partial charge in [0.1, 0.15) is 5.02 Å². The van der Waals surface area contributed by atoms with Crippen LogP contribution in [-0.2, 0) is 0 Å². The number of hydrogen-bond donors (Lipinski definition) is 2. The highest BCUT2D eigenvalue weighted by molar-refractivity contribution is 6.32. The molecule has 1 aliphatic rings. The second-order valence-corrected chi connectivity index (χ2v) is 4.20. The van der Waals surface area contributed by atoms with Crippen molar-refractivity contribution in [2.75, 3.05) is 11.9 Å². The molecule has 1 aromatic rings. The Bertz CT molecular complexity index is 453. The fourth-order valence-corrected chi connectivity index (χ4v) is 1.98. The van der Waals surface area contributed by atoms with Gasteiger partial charge in [0.2, 0.25) is 0 Å². The fraction of sp³-hybridized carbons (Fsp3) is 0.455. The molecule has 0 atom stereocenters. The van der Waals surface area contributed by atoms with Gasteiger partial charge in [-0.2, -0.15) is 0 Å². The number of anilines is 1. The maximum absolute atomic E-state index is 11.2. The second kappa shape index (κ2) is 5.16. The molecule has 86 valence electrons. The first-order valence-electron chi connectivity index (χ1n) is 5.42. The lowest BCUT2D eigenvalue weighted by Crippen LogP contribution is -2.12. The van der Waals surface area contributed by atoms with E-state index in [9.17, 15) is 4.79 Å². The normalized spacial score (nSPS) is 14.9. The van der Waals surface area contributed by atoms with E-state index in [0.717, 1.165) is 13.0 Å². The predicted molar refractivity (Wildman–Crippen MR) is 64.9 cm³/mol. The van der Waals surface area contributed by atoms with Crippen molar-refractivity contribution >= 4 is 17.4 Å². The van der Waals surface area contributed by atoms with Gasteiger partial charge in [-0.3, -0.25) is 4.79 Å². The van der Waals surface area contributed by atoms with Crippen LogP contribution >= 0.6 is 11.6 Å². The van der Waals surface area contributed by atoms with E-state index in [1.165, 1.54) is 31.2 Å². The minimum Gasteiger partial charge on any atom is -0.368 e. The Hall–Kier alpha value is -1.29. The molecule has 4 nitrogen and oxygen atoms in total. The van der Waals surface area contributed by atoms with Crippen molar-refractivity contribution in [1.29, 1.82) is 0 Å². The van der Waals surface area contributed by atoms with E-state index in [1.807, 2.05) is 0 Å². The third kappa shape index (κ3) is 2.64. The number of aromatic nitrogens is 2. The summed E-state index contributed by atoms with van der Waals surface area (Å²) in [7, 11) is 0. The fourth-order valence-electron chi connectivity index (χ4n) is 1.81. The Balaban J connectivity index is 1.89. The Morgan fingerprint density at radius 2 is 2.44 bits per heavy atom. The molecule has 0 saturated heterocycles. The second-order valence-electron chi connectivity index (χ2n) is 3.83. The average Bonchev–Trinajstić information content (AvgIpc) is 2.77. The summed E-state index contributed by atoms with van der Waals surface area (Å²) >= 11 is 5.81. The minimum atomic E-state index is -0.306. The first-order valence-corrected chi connectivity index (χ1v) is 5.80. The molecule has 2 N–H and O–H groups in total. The summed E-state index contributed by atoms with van der Waals surface area (Å²) in [5, 5.41) is 3.20. The molecule has 0 spiro atoms. The van der Waals surface area contributed by atoms with Crippen LogP contribution < -0.4 is 10.9 Å². The first kappa shape index (κ1) is 11.2. The zero-order valence-electron chi connectivity index (χ0n) is 8.92. The summed E-state index contributed by atoms with van der Waals surface area (Å²) < 4.78 is 0. The lowest BCUT2D eigenvalue weighted by Gasteiger charge is -2.06. The van der Waals surface area contributed by atoms with Gasteiger partial charge in [-0.15, -0.1) is 0 Å². The Labute approximate surface area is 98.7 Å². The van der Waals surface area contributed by atoms with E-state index in [2.05, 4.69) is 21.4 Å². The highest BCUT2D eigenvalue weighted by Gasteiger charge is 2.07. The van der Waals surface area contributed by atoms with Gasteiger partial charge in [0.05, 0.1) is 6.33 Å². The van der Waals surface area contributed by atoms with Crippen LogP contribution in [0.5, 0.6) is 0 Å². The van der Waals surface area contributed by atoms with Crippen molar-refractivity contribution in [2.24, 2.45) is 0 Å². The monoisotopic (exact) mass is 239 g/mol. The van der Waals surface area contributed by atoms with Gasteiger partial charge in [0, 0.05) is 6.54 Å². The molecule has 5 heteroatoms. The van der Waals surface area contributed by atoms with E-state index in [4.69, 9.17) is 11.6 Å². The van der Waals surface area contributed by atoms with Crippen LogP contribution in [0.3, 0.4) is 0 Å². The number of halogens is 1. The number of aromatic amines is 1. The Kier molecular flexibility index (Phi) is 3.62. The van der Waals surface area contributed by atoms with Crippen molar-refractivity contribution in [1.82, 2.24) is 9.97 Å². The molecule has 1 aromatic heterocycles. The van der Waals surface area contributed by atoms with Crippen molar-refractivity contribution in [3.8, 4) is 0 Å². The molecular formula is C11H14ClN3O. The molecule has 2 rings (SSSR count). The molecule has 0 saturated carbocycles. The van der Waals surface area contributed by atoms with Crippen molar-refractivity contribution in [2.45, 2.75) is 25.7 Å². The molecule has 0 aliphatic heterocycles. The summed E-state index contributed by atoms with van der Waals surface area (Å²) in [5.74, 6) is 0.462. The largest absolute Gasteiger partial charge is 0.368 e. The van der Waals surface area contributed by atoms with Crippen LogP contribution in [0.4, 0.5) is 5.82 Å². The third-order valence-electron chi connectivity index (χ3n) is 2.67. The number of rotatable bonds is 4. The van der Waals surface area contributed by atoms with Gasteiger partial charge in [-0.1, -0.05) is 23.3 Å². The van der Waals surface area contributed by atoms with Gasteiger partial charge in [0.15, 0.2) is 5.82 Å². The van der Waals surface area contributed by atoms with Crippen LogP contribution in [0.2, 0.25) is 5.02 Å². The highest BCUT2D eigenvalue weighted by atomic mass is 35.5. The van der Waals surface area contributed by atoms with E-state index < -0.39 is 0 Å². The van der Waals surface area contributed by atoms with Crippen LogP contribution in [0.1, 0.15) is 25.7 Å². The van der Waals surface area contributed by atoms with Gasteiger partial charge < -0.3 is 10.3 Å². The molecule has 0 fully saturated rings. The molecule has 1 heterocycles. The van der Waals surface area contributed by atoms with Crippen molar-refractivity contribution in [3.63, 3.8) is 0 Å². The van der Waals surface area contributed by atoms with Gasteiger partial charge >= 0.3 is 0 Å². The maximum Gasteiger partial charge on any atom is 0.271 e. The van der Waals surface area contributed by atoms with Crippen molar-refractivity contribution in [3.05, 3.63) is 33.4 Å². The highest BCUT2D eigenvalue weighted by Crippen LogP contribution is 2.20. The van der Waals surface area contributed by atoms with Crippen molar-refractivity contribution < 1.29 is 0 Å². The number of allylic oxidation sites excluding steroid dienone is 1. The predicted octanol–water partition coefficient (Wildman–Crippen LogP) is 2.34. The van der Waals surface area contributed by atoms with Crippen LogP contribution in [0, 0.1) is 0 Å². The lowest BCUT2D eigenvalue weighted by atomic mass is 10.2. The third-order valence-corrected chi connectivity index (χ3v) is 3.02. The Morgan fingerprint density at radius 3 is 3.19 bits per heavy atom. The number of H-pyrrole nitrogens is 1. The SMILES string of the molecule is O=c1[nH]cnc(NCCC2=CCCC2)c1Cl. The number of nitrogens with zero attached hydrogens (tertiary/aromatic N) is 1. The van der Waals surface area contributed by atoms with E-state index in [1.54, 1.807) is 0 Å². The van der Waals surface area contributed by atoms with Gasteiger partial charge in [0.25, 0.3) is 5.56 Å². The summed E-state index contributed by atoms with van der Waals surface area (Å²) in [5.41, 5.74) is 1.17. The molecule has 0 bridgehead atoms. The standard InChI is InChI=1S/C11H14ClN3O/c12-9-10(14-7-15-11(9)16)13-6-5-8-3-1-2-4-8/h3,7H,1-2,4-6H2,(H2,13,14,15,16). The molecule has 0 aromatic carbocycles. The lowest BCUT2D eigenvalue weighted by molar-refractivity contribution is 0.861. The number of nitrogens with one attached hydrogen (secondary N) is 2. The summed E-state index contributed by atoms with van der Waals surface area (Å²) in [6.07, 6.45) is 8.28. The van der Waals surface area contributed by atoms with Gasteiger partial charge in [-0.25, -0.2) is 4.98 Å². The first-order chi connectivity index (χ1) is 7.77. The van der Waals surface area contributed by atoms with E-state index in [-0.39, 0.29) is 10.6 Å². The topological polar surface area (TPSA) is 57.8 Å². The summed E-state index contributed by atoms with van der Waals surface area (Å²) in [6.45, 7) is 0.766. The molecular weight excluding hydrogens is 226 g/mol. The molecule has 0 unspecified atom stereocenters. The zero-order valence-corrected chi connectivity index (χ0v) is 9.68. The molecule has 1 aliphatic carbocycles. The minimum absolute atomic E-state index is 0.128. The molecule has 0 amide bonds. The van der Waals surface area contributed by atoms with E-state index in [0.29, 0.717) is 5.82 Å². The quantitative estimate of drug-likeness (QED) is 0.793. The smallest absolute Gasteiger partial charge is 0.271 e. The maximum atomic E-state index is 11.2. The zero-order chi connectivity index (χ0) is 11.4. The average molecular weight is 240 g/mol. The van der Waals surface area contributed by atoms with Crippen LogP contribution in [0.15, 0.2) is 22.8 Å². The Morgan fingerprint density at radius 1 is 1.56 bits per heavy atom. The van der Waals surface area contributed by atoms with Crippen LogP contribution in [-0.4, -0.2) is 16.5 Å². The molecule has 0 radical (unpaired) electrons. The summed E-state index contributed by atoms with van der Waals surface area (Å²) in [6, 6.07) is 0. The number of hydrogen-bond acceptors (Lipinski definition) is 3. The van der Waals surface area contributed by atoms with Gasteiger partial charge in [-0.05, 0) is 25.7 Å². The summed E-state index contributed by atoms with van der Waals surface area (Å²) in [4.78, 5) is 17.6. The van der Waals surface area contributed by atoms with Crippen LogP contribution in [0.25, 0.3) is 0 Å².